The standard InChI is InChI=1S/C15H20ClNO2/c1-10(2)11-5-7-17(8-6-11)15(19)12-3-4-14(18)13(16)9-12/h3-4,9-11,18H,5-8H2,1-2H3. The predicted molar refractivity (Wildman–Crippen MR) is 76.6 cm³/mol. The van der Waals surface area contributed by atoms with Gasteiger partial charge in [-0.25, -0.2) is 0 Å². The van der Waals surface area contributed by atoms with Gasteiger partial charge in [-0.2, -0.15) is 0 Å². The highest BCUT2D eigenvalue weighted by molar-refractivity contribution is 6.32. The van der Waals surface area contributed by atoms with Crippen molar-refractivity contribution in [3.8, 4) is 5.75 Å². The van der Waals surface area contributed by atoms with Crippen LogP contribution in [0.3, 0.4) is 0 Å². The van der Waals surface area contributed by atoms with Crippen LogP contribution in [0.25, 0.3) is 0 Å². The fourth-order valence-electron chi connectivity index (χ4n) is 2.59. The minimum absolute atomic E-state index is 0.00380. The third-order valence-electron chi connectivity index (χ3n) is 3.96. The highest BCUT2D eigenvalue weighted by Crippen LogP contribution is 2.27. The summed E-state index contributed by atoms with van der Waals surface area (Å²) in [5.41, 5.74) is 0.547. The first kappa shape index (κ1) is 14.2. The molecule has 19 heavy (non-hydrogen) atoms. The molecule has 1 aliphatic heterocycles. The van der Waals surface area contributed by atoms with Crippen molar-refractivity contribution in [1.29, 1.82) is 0 Å². The Morgan fingerprint density at radius 2 is 2.00 bits per heavy atom. The van der Waals surface area contributed by atoms with Crippen molar-refractivity contribution in [3.63, 3.8) is 0 Å². The maximum Gasteiger partial charge on any atom is 0.253 e. The van der Waals surface area contributed by atoms with Crippen LogP contribution in [0, 0.1) is 11.8 Å². The van der Waals surface area contributed by atoms with Gasteiger partial charge in [-0.3, -0.25) is 4.79 Å². The van der Waals surface area contributed by atoms with E-state index in [2.05, 4.69) is 13.8 Å². The third-order valence-corrected chi connectivity index (χ3v) is 4.27. The van der Waals surface area contributed by atoms with Gasteiger partial charge in [0.25, 0.3) is 5.91 Å². The van der Waals surface area contributed by atoms with E-state index in [-0.39, 0.29) is 16.7 Å². The number of hydrogen-bond acceptors (Lipinski definition) is 2. The lowest BCUT2D eigenvalue weighted by molar-refractivity contribution is 0.0667. The Labute approximate surface area is 119 Å². The van der Waals surface area contributed by atoms with Crippen LogP contribution >= 0.6 is 11.6 Å². The van der Waals surface area contributed by atoms with Crippen molar-refractivity contribution >= 4 is 17.5 Å². The molecule has 0 unspecified atom stereocenters. The lowest BCUT2D eigenvalue weighted by atomic mass is 9.86. The molecular weight excluding hydrogens is 262 g/mol. The Morgan fingerprint density at radius 3 is 2.53 bits per heavy atom. The van der Waals surface area contributed by atoms with Gasteiger partial charge in [-0.05, 0) is 42.9 Å². The molecule has 0 aliphatic carbocycles. The Bertz CT molecular complexity index is 465. The minimum Gasteiger partial charge on any atom is -0.506 e. The molecule has 1 aromatic rings. The summed E-state index contributed by atoms with van der Waals surface area (Å²) in [5, 5.41) is 9.60. The second-order valence-electron chi connectivity index (χ2n) is 5.54. The van der Waals surface area contributed by atoms with Crippen molar-refractivity contribution in [2.75, 3.05) is 13.1 Å². The maximum atomic E-state index is 12.3. The monoisotopic (exact) mass is 281 g/mol. The van der Waals surface area contributed by atoms with Crippen molar-refractivity contribution in [3.05, 3.63) is 28.8 Å². The number of aromatic hydroxyl groups is 1. The average molecular weight is 282 g/mol. The summed E-state index contributed by atoms with van der Waals surface area (Å²) >= 11 is 5.84. The van der Waals surface area contributed by atoms with Crippen LogP contribution < -0.4 is 0 Å². The van der Waals surface area contributed by atoms with Gasteiger partial charge < -0.3 is 10.0 Å². The largest absolute Gasteiger partial charge is 0.506 e. The van der Waals surface area contributed by atoms with E-state index in [0.717, 1.165) is 25.9 Å². The molecule has 0 radical (unpaired) electrons. The summed E-state index contributed by atoms with van der Waals surface area (Å²) in [6.07, 6.45) is 2.13. The van der Waals surface area contributed by atoms with E-state index in [0.29, 0.717) is 17.4 Å². The molecule has 1 amide bonds. The summed E-state index contributed by atoms with van der Waals surface area (Å²) in [6.45, 7) is 6.09. The molecule has 0 saturated carbocycles. The van der Waals surface area contributed by atoms with Crippen molar-refractivity contribution in [2.24, 2.45) is 11.8 Å². The SMILES string of the molecule is CC(C)C1CCN(C(=O)c2ccc(O)c(Cl)c2)CC1. The summed E-state index contributed by atoms with van der Waals surface area (Å²) in [5.74, 6) is 1.41. The number of carbonyl (C=O) groups is 1. The molecule has 4 heteroatoms. The first-order valence-corrected chi connectivity index (χ1v) is 7.14. The lowest BCUT2D eigenvalue weighted by Gasteiger charge is -2.34. The summed E-state index contributed by atoms with van der Waals surface area (Å²) in [4.78, 5) is 14.2. The van der Waals surface area contributed by atoms with Gasteiger partial charge in [0, 0.05) is 18.7 Å². The predicted octanol–water partition coefficient (Wildman–Crippen LogP) is 3.55. The molecule has 0 aromatic heterocycles. The number of halogens is 1. The number of hydrogen-bond donors (Lipinski definition) is 1. The van der Waals surface area contributed by atoms with Crippen LogP contribution in [0.1, 0.15) is 37.0 Å². The van der Waals surface area contributed by atoms with E-state index in [1.165, 1.54) is 12.1 Å². The van der Waals surface area contributed by atoms with Gasteiger partial charge in [-0.15, -0.1) is 0 Å². The van der Waals surface area contributed by atoms with E-state index in [1.807, 2.05) is 4.90 Å². The van der Waals surface area contributed by atoms with Crippen LogP contribution in [-0.2, 0) is 0 Å². The zero-order valence-electron chi connectivity index (χ0n) is 11.4. The van der Waals surface area contributed by atoms with Gasteiger partial charge in [0.2, 0.25) is 0 Å². The zero-order valence-corrected chi connectivity index (χ0v) is 12.2. The molecule has 1 N–H and O–H groups in total. The van der Waals surface area contributed by atoms with Gasteiger partial charge in [-0.1, -0.05) is 25.4 Å². The molecule has 0 spiro atoms. The molecule has 104 valence electrons. The number of piperidine rings is 1. The van der Waals surface area contributed by atoms with Crippen LogP contribution in [-0.4, -0.2) is 29.0 Å². The number of nitrogens with zero attached hydrogens (tertiary/aromatic N) is 1. The number of likely N-dealkylation sites (tertiary alicyclic amines) is 1. The molecule has 1 aromatic carbocycles. The molecule has 1 aliphatic rings. The lowest BCUT2D eigenvalue weighted by Crippen LogP contribution is -2.39. The molecule has 1 fully saturated rings. The van der Waals surface area contributed by atoms with Crippen molar-refractivity contribution in [1.82, 2.24) is 4.90 Å². The Balaban J connectivity index is 2.03. The van der Waals surface area contributed by atoms with Crippen molar-refractivity contribution in [2.45, 2.75) is 26.7 Å². The van der Waals surface area contributed by atoms with Gasteiger partial charge in [0.05, 0.1) is 5.02 Å². The van der Waals surface area contributed by atoms with Crippen LogP contribution in [0.4, 0.5) is 0 Å². The first-order valence-electron chi connectivity index (χ1n) is 6.77. The number of carbonyl (C=O) groups excluding carboxylic acids is 1. The molecular formula is C15H20ClNO2. The number of benzene rings is 1. The molecule has 1 heterocycles. The second-order valence-corrected chi connectivity index (χ2v) is 5.95. The molecule has 2 rings (SSSR count). The van der Waals surface area contributed by atoms with Crippen molar-refractivity contribution < 1.29 is 9.90 Å². The topological polar surface area (TPSA) is 40.5 Å². The first-order chi connectivity index (χ1) is 8.99. The zero-order chi connectivity index (χ0) is 14.0. The number of amides is 1. The van der Waals surface area contributed by atoms with Gasteiger partial charge >= 0.3 is 0 Å². The van der Waals surface area contributed by atoms with Crippen LogP contribution in [0.5, 0.6) is 5.75 Å². The number of phenols is 1. The van der Waals surface area contributed by atoms with E-state index in [4.69, 9.17) is 11.6 Å². The van der Waals surface area contributed by atoms with E-state index < -0.39 is 0 Å². The molecule has 1 saturated heterocycles. The third kappa shape index (κ3) is 3.21. The highest BCUT2D eigenvalue weighted by atomic mass is 35.5. The summed E-state index contributed by atoms with van der Waals surface area (Å²) < 4.78 is 0. The van der Waals surface area contributed by atoms with Gasteiger partial charge in [0.15, 0.2) is 0 Å². The quantitative estimate of drug-likeness (QED) is 0.900. The number of rotatable bonds is 2. The highest BCUT2D eigenvalue weighted by Gasteiger charge is 2.25. The Hall–Kier alpha value is -1.22. The van der Waals surface area contributed by atoms with E-state index >= 15 is 0 Å². The van der Waals surface area contributed by atoms with Crippen LogP contribution in [0.15, 0.2) is 18.2 Å². The number of phenolic OH excluding ortho intramolecular Hbond substituents is 1. The fourth-order valence-corrected chi connectivity index (χ4v) is 2.77. The Morgan fingerprint density at radius 1 is 1.37 bits per heavy atom. The normalized spacial score (nSPS) is 16.9. The fraction of sp³-hybridized carbons (Fsp3) is 0.533. The molecule has 0 atom stereocenters. The average Bonchev–Trinajstić information content (AvgIpc) is 2.41. The minimum atomic E-state index is 0.00380. The Kier molecular flexibility index (Phi) is 4.35. The summed E-state index contributed by atoms with van der Waals surface area (Å²) in [6, 6.07) is 4.63. The summed E-state index contributed by atoms with van der Waals surface area (Å²) in [7, 11) is 0. The maximum absolute atomic E-state index is 12.3. The second kappa shape index (κ2) is 5.83. The smallest absolute Gasteiger partial charge is 0.253 e. The molecule has 0 bridgehead atoms. The van der Waals surface area contributed by atoms with Gasteiger partial charge in [0.1, 0.15) is 5.75 Å². The van der Waals surface area contributed by atoms with E-state index in [1.54, 1.807) is 6.07 Å². The van der Waals surface area contributed by atoms with E-state index in [9.17, 15) is 9.90 Å². The molecule has 3 nitrogen and oxygen atoms in total. The van der Waals surface area contributed by atoms with Crippen LogP contribution in [0.2, 0.25) is 5.02 Å².